The minimum absolute atomic E-state index is 0.0580. The fourth-order valence-corrected chi connectivity index (χ4v) is 6.52. The number of hydrogen-bond donors (Lipinski definition) is 0. The predicted molar refractivity (Wildman–Crippen MR) is 152 cm³/mol. The molecule has 0 spiro atoms. The summed E-state index contributed by atoms with van der Waals surface area (Å²) in [6.45, 7) is 0. The number of amidine groups is 1. The van der Waals surface area contributed by atoms with Crippen molar-refractivity contribution >= 4 is 57.6 Å². The Morgan fingerprint density at radius 3 is 2.57 bits per heavy atom. The molecule has 0 saturated heterocycles. The van der Waals surface area contributed by atoms with Crippen LogP contribution in [-0.4, -0.2) is 15.0 Å². The quantitative estimate of drug-likeness (QED) is 0.242. The molecule has 0 N–H and O–H groups in total. The zero-order chi connectivity index (χ0) is 25.5. The van der Waals surface area contributed by atoms with Gasteiger partial charge in [-0.2, -0.15) is 0 Å². The number of halogens is 2. The summed E-state index contributed by atoms with van der Waals surface area (Å²) in [6.07, 6.45) is 4.92. The van der Waals surface area contributed by atoms with Crippen molar-refractivity contribution in [2.75, 3.05) is 0 Å². The van der Waals surface area contributed by atoms with Crippen LogP contribution in [0.5, 0.6) is 0 Å². The monoisotopic (exact) mass is 545 g/mol. The van der Waals surface area contributed by atoms with Gasteiger partial charge in [-0.25, -0.2) is 4.99 Å². The average molecular weight is 546 g/mol. The fraction of sp³-hybridized carbons (Fsp3) is 0.138. The lowest BCUT2D eigenvalue weighted by Gasteiger charge is -2.40. The van der Waals surface area contributed by atoms with Gasteiger partial charge in [-0.15, -0.1) is 0 Å². The van der Waals surface area contributed by atoms with E-state index in [9.17, 15) is 10.1 Å². The van der Waals surface area contributed by atoms with Crippen LogP contribution in [0.2, 0.25) is 10.0 Å². The number of nitro benzene ring substituents is 1. The molecule has 0 saturated carbocycles. The Hall–Kier alpha value is -3.32. The van der Waals surface area contributed by atoms with E-state index in [1.165, 1.54) is 23.4 Å². The van der Waals surface area contributed by atoms with E-state index in [0.29, 0.717) is 10.0 Å². The molecule has 5 nitrogen and oxygen atoms in total. The minimum Gasteiger partial charge on any atom is -0.308 e. The zero-order valence-electron chi connectivity index (χ0n) is 19.6. The highest BCUT2D eigenvalue weighted by atomic mass is 35.5. The number of non-ortho nitro benzene ring substituents is 1. The first-order chi connectivity index (χ1) is 18.0. The number of thioether (sulfide) groups is 1. The van der Waals surface area contributed by atoms with Gasteiger partial charge in [0, 0.05) is 33.1 Å². The van der Waals surface area contributed by atoms with Gasteiger partial charge in [0.25, 0.3) is 5.69 Å². The number of nitrogens with zero attached hydrogens (tertiary/aromatic N) is 3. The molecule has 8 heteroatoms. The molecule has 0 aromatic heterocycles. The maximum atomic E-state index is 11.5. The second-order valence-corrected chi connectivity index (χ2v) is 10.7. The molecular weight excluding hydrogens is 525 g/mol. The molecule has 1 aliphatic carbocycles. The van der Waals surface area contributed by atoms with E-state index in [-0.39, 0.29) is 16.7 Å². The van der Waals surface area contributed by atoms with Crippen molar-refractivity contribution in [3.8, 4) is 0 Å². The van der Waals surface area contributed by atoms with Crippen LogP contribution in [0.3, 0.4) is 0 Å². The molecule has 0 radical (unpaired) electrons. The third-order valence-corrected chi connectivity index (χ3v) is 8.35. The predicted octanol–water partition coefficient (Wildman–Crippen LogP) is 8.88. The lowest BCUT2D eigenvalue weighted by atomic mass is 9.82. The molecule has 1 atom stereocenters. The smallest absolute Gasteiger partial charge is 0.270 e. The van der Waals surface area contributed by atoms with Crippen LogP contribution in [0.15, 0.2) is 100 Å². The summed E-state index contributed by atoms with van der Waals surface area (Å²) in [5.41, 5.74) is 7.01. The summed E-state index contributed by atoms with van der Waals surface area (Å²) < 4.78 is 0. The Morgan fingerprint density at radius 2 is 1.78 bits per heavy atom. The van der Waals surface area contributed by atoms with Crippen LogP contribution in [0, 0.1) is 10.1 Å². The fourth-order valence-electron chi connectivity index (χ4n) is 5.16. The highest BCUT2D eigenvalue weighted by Crippen LogP contribution is 2.52. The Bertz CT molecular complexity index is 1560. The molecule has 37 heavy (non-hydrogen) atoms. The van der Waals surface area contributed by atoms with E-state index in [4.69, 9.17) is 28.2 Å². The molecule has 184 valence electrons. The van der Waals surface area contributed by atoms with Gasteiger partial charge in [0.05, 0.1) is 22.4 Å². The summed E-state index contributed by atoms with van der Waals surface area (Å²) in [5.74, 6) is 0. The van der Waals surface area contributed by atoms with Gasteiger partial charge in [-0.1, -0.05) is 83.5 Å². The van der Waals surface area contributed by atoms with Crippen LogP contribution in [0.4, 0.5) is 5.69 Å². The number of rotatable bonds is 4. The Morgan fingerprint density at radius 1 is 1.00 bits per heavy atom. The molecule has 0 fully saturated rings. The summed E-state index contributed by atoms with van der Waals surface area (Å²) in [4.78, 5) is 18.5. The second kappa shape index (κ2) is 9.86. The van der Waals surface area contributed by atoms with Gasteiger partial charge in [0.1, 0.15) is 0 Å². The zero-order valence-corrected chi connectivity index (χ0v) is 21.9. The van der Waals surface area contributed by atoms with Crippen LogP contribution in [0.25, 0.3) is 11.8 Å². The molecular formula is C29H21Cl2N3O2S. The van der Waals surface area contributed by atoms with Crippen LogP contribution < -0.4 is 0 Å². The first-order valence-electron chi connectivity index (χ1n) is 11.9. The Kier molecular flexibility index (Phi) is 6.41. The van der Waals surface area contributed by atoms with Crippen molar-refractivity contribution in [3.05, 3.63) is 132 Å². The van der Waals surface area contributed by atoms with Gasteiger partial charge >= 0.3 is 0 Å². The summed E-state index contributed by atoms with van der Waals surface area (Å²) >= 11 is 14.8. The summed E-state index contributed by atoms with van der Waals surface area (Å²) in [7, 11) is 0. The maximum absolute atomic E-state index is 11.5. The van der Waals surface area contributed by atoms with E-state index in [1.807, 2.05) is 53.9 Å². The van der Waals surface area contributed by atoms with Crippen molar-refractivity contribution in [2.24, 2.45) is 4.99 Å². The topological polar surface area (TPSA) is 58.7 Å². The second-order valence-electron chi connectivity index (χ2n) is 9.04. The van der Waals surface area contributed by atoms with Crippen molar-refractivity contribution in [1.29, 1.82) is 0 Å². The van der Waals surface area contributed by atoms with E-state index in [0.717, 1.165) is 58.1 Å². The van der Waals surface area contributed by atoms with Gasteiger partial charge in [0.2, 0.25) is 0 Å². The van der Waals surface area contributed by atoms with E-state index in [1.54, 1.807) is 12.1 Å². The molecule has 0 bridgehead atoms. The molecule has 3 aromatic carbocycles. The standard InChI is InChI=1S/C29H21Cl2N3O2S/c30-24-13-3-1-7-18(24)15-20-9-6-12-23-27(20)32-29-33(28(23)22-11-2-4-14-25(22)31)26(17-37-29)19-8-5-10-21(16-19)34(35)36/h1-5,7-8,10-11,13-17,28H,6,9,12H2/b20-15+. The van der Waals surface area contributed by atoms with Crippen molar-refractivity contribution in [3.63, 3.8) is 0 Å². The number of benzene rings is 3. The van der Waals surface area contributed by atoms with Gasteiger partial charge < -0.3 is 4.90 Å². The lowest BCUT2D eigenvalue weighted by molar-refractivity contribution is -0.384. The third kappa shape index (κ3) is 4.39. The summed E-state index contributed by atoms with van der Waals surface area (Å²) in [5, 5.41) is 15.7. The maximum Gasteiger partial charge on any atom is 0.270 e. The van der Waals surface area contributed by atoms with Gasteiger partial charge in [0.15, 0.2) is 5.17 Å². The van der Waals surface area contributed by atoms with Gasteiger partial charge in [-0.3, -0.25) is 10.1 Å². The lowest BCUT2D eigenvalue weighted by Crippen LogP contribution is -2.35. The third-order valence-electron chi connectivity index (χ3n) is 6.83. The number of nitro groups is 1. The average Bonchev–Trinajstić information content (AvgIpc) is 3.33. The molecule has 0 amide bonds. The highest BCUT2D eigenvalue weighted by molar-refractivity contribution is 8.16. The highest BCUT2D eigenvalue weighted by Gasteiger charge is 2.41. The number of aliphatic imine (C=N–C) groups is 1. The number of hydrogen-bond acceptors (Lipinski definition) is 5. The first-order valence-corrected chi connectivity index (χ1v) is 13.6. The summed E-state index contributed by atoms with van der Waals surface area (Å²) in [6, 6.07) is 22.3. The molecule has 3 aliphatic rings. The number of allylic oxidation sites excluding steroid dienone is 1. The molecule has 2 heterocycles. The Labute approximate surface area is 229 Å². The van der Waals surface area contributed by atoms with Gasteiger partial charge in [-0.05, 0) is 59.7 Å². The number of fused-ring (bicyclic) bond motifs is 1. The van der Waals surface area contributed by atoms with E-state index < -0.39 is 0 Å². The molecule has 2 aliphatic heterocycles. The van der Waals surface area contributed by atoms with Crippen LogP contribution in [0.1, 0.15) is 42.0 Å². The largest absolute Gasteiger partial charge is 0.308 e. The molecule has 6 rings (SSSR count). The van der Waals surface area contributed by atoms with E-state index >= 15 is 0 Å². The van der Waals surface area contributed by atoms with Crippen LogP contribution in [-0.2, 0) is 0 Å². The first kappa shape index (κ1) is 24.0. The molecule has 1 unspecified atom stereocenters. The SMILES string of the molecule is O=[N+]([O-])c1cccc(C2=CSC3=NC4=C(CCC/C4=C\c4ccccc4Cl)C(c4ccccc4Cl)N23)c1. The van der Waals surface area contributed by atoms with Crippen molar-refractivity contribution in [1.82, 2.24) is 4.90 Å². The van der Waals surface area contributed by atoms with Crippen LogP contribution >= 0.6 is 35.0 Å². The van der Waals surface area contributed by atoms with Crippen molar-refractivity contribution < 1.29 is 4.92 Å². The Balaban J connectivity index is 1.51. The van der Waals surface area contributed by atoms with Crippen molar-refractivity contribution in [2.45, 2.75) is 25.3 Å². The molecule has 3 aromatic rings. The minimum atomic E-state index is -0.365. The van der Waals surface area contributed by atoms with E-state index in [2.05, 4.69) is 17.0 Å². The normalized spacial score (nSPS) is 19.9.